The summed E-state index contributed by atoms with van der Waals surface area (Å²) in [5.41, 5.74) is 2.61. The van der Waals surface area contributed by atoms with Crippen molar-refractivity contribution in [2.45, 2.75) is 19.9 Å². The summed E-state index contributed by atoms with van der Waals surface area (Å²) in [6.45, 7) is 2.67. The number of halogens is 1. The summed E-state index contributed by atoms with van der Waals surface area (Å²) >= 11 is 1.13. The van der Waals surface area contributed by atoms with Gasteiger partial charge in [-0.05, 0) is 36.6 Å². The van der Waals surface area contributed by atoms with Crippen molar-refractivity contribution in [1.29, 1.82) is 0 Å². The second-order valence-corrected chi connectivity index (χ2v) is 4.80. The van der Waals surface area contributed by atoms with Gasteiger partial charge in [0.2, 0.25) is 0 Å². The Morgan fingerprint density at radius 1 is 1.35 bits per heavy atom. The molecule has 0 bridgehead atoms. The Morgan fingerprint density at radius 3 is 2.80 bits per heavy atom. The molecular formula is C13H17ClN4OS. The van der Waals surface area contributed by atoms with Crippen LogP contribution in [0.2, 0.25) is 0 Å². The average molecular weight is 313 g/mol. The number of anilines is 1. The van der Waals surface area contributed by atoms with Crippen LogP contribution in [-0.2, 0) is 13.0 Å². The highest BCUT2D eigenvalue weighted by Crippen LogP contribution is 2.18. The number of benzene rings is 1. The van der Waals surface area contributed by atoms with Gasteiger partial charge in [-0.25, -0.2) is 0 Å². The Morgan fingerprint density at radius 2 is 2.10 bits per heavy atom. The van der Waals surface area contributed by atoms with Crippen molar-refractivity contribution >= 4 is 35.5 Å². The number of carbonyl (C=O) groups is 1. The molecule has 5 nitrogen and oxygen atoms in total. The zero-order valence-corrected chi connectivity index (χ0v) is 13.0. The molecule has 0 spiro atoms. The first-order valence-corrected chi connectivity index (χ1v) is 6.88. The van der Waals surface area contributed by atoms with Crippen molar-refractivity contribution in [3.05, 3.63) is 40.4 Å². The lowest BCUT2D eigenvalue weighted by Gasteiger charge is -2.10. The second-order valence-electron chi connectivity index (χ2n) is 4.04. The van der Waals surface area contributed by atoms with Crippen LogP contribution in [0, 0.1) is 0 Å². The van der Waals surface area contributed by atoms with E-state index in [4.69, 9.17) is 0 Å². The molecule has 0 aliphatic heterocycles. The smallest absolute Gasteiger partial charge is 0.269 e. The van der Waals surface area contributed by atoms with Crippen LogP contribution < -0.4 is 10.6 Å². The molecule has 20 heavy (non-hydrogen) atoms. The molecule has 1 aromatic carbocycles. The molecule has 0 atom stereocenters. The second kappa shape index (κ2) is 7.94. The summed E-state index contributed by atoms with van der Waals surface area (Å²) in [5, 5.41) is 9.96. The maximum Gasteiger partial charge on any atom is 0.269 e. The number of aromatic nitrogens is 2. The number of aryl methyl sites for hydroxylation is 1. The number of carbonyl (C=O) groups excluding carboxylic acids is 1. The first-order valence-electron chi connectivity index (χ1n) is 6.11. The topological polar surface area (TPSA) is 66.9 Å². The summed E-state index contributed by atoms with van der Waals surface area (Å²) < 4.78 is 3.83. The molecule has 7 heteroatoms. The quantitative estimate of drug-likeness (QED) is 0.890. The third-order valence-corrected chi connectivity index (χ3v) is 3.50. The van der Waals surface area contributed by atoms with E-state index in [0.717, 1.165) is 28.5 Å². The molecule has 0 fully saturated rings. The molecule has 0 aliphatic rings. The van der Waals surface area contributed by atoms with E-state index < -0.39 is 0 Å². The fourth-order valence-corrected chi connectivity index (χ4v) is 2.42. The standard InChI is InChI=1S/C13H16N4OS.ClH/c1-3-10-12(19-17-16-10)13(18)15-11-7-5-4-6-9(11)8-14-2;/h4-7,14H,3,8H2,1-2H3,(H,15,18);1H. The minimum absolute atomic E-state index is 0. The molecule has 1 aromatic heterocycles. The molecule has 2 aromatic rings. The molecule has 108 valence electrons. The van der Waals surface area contributed by atoms with Crippen molar-refractivity contribution in [3.8, 4) is 0 Å². The summed E-state index contributed by atoms with van der Waals surface area (Å²) in [5.74, 6) is -0.143. The maximum absolute atomic E-state index is 12.2. The molecule has 0 radical (unpaired) electrons. The monoisotopic (exact) mass is 312 g/mol. The van der Waals surface area contributed by atoms with Gasteiger partial charge in [-0.1, -0.05) is 29.6 Å². The van der Waals surface area contributed by atoms with Gasteiger partial charge in [0.05, 0.1) is 5.69 Å². The number of nitrogens with zero attached hydrogens (tertiary/aromatic N) is 2. The van der Waals surface area contributed by atoms with Crippen LogP contribution in [-0.4, -0.2) is 22.5 Å². The summed E-state index contributed by atoms with van der Waals surface area (Å²) in [7, 11) is 1.88. The first-order chi connectivity index (χ1) is 9.26. The minimum atomic E-state index is -0.143. The lowest BCUT2D eigenvalue weighted by molar-refractivity contribution is 0.102. The fourth-order valence-electron chi connectivity index (χ4n) is 1.78. The Labute approximate surface area is 128 Å². The number of para-hydroxylation sites is 1. The molecule has 1 amide bonds. The average Bonchev–Trinajstić information content (AvgIpc) is 2.89. The molecule has 2 N–H and O–H groups in total. The molecule has 0 unspecified atom stereocenters. The van der Waals surface area contributed by atoms with Gasteiger partial charge in [0.25, 0.3) is 5.91 Å². The summed E-state index contributed by atoms with van der Waals surface area (Å²) in [6.07, 6.45) is 0.706. The van der Waals surface area contributed by atoms with Gasteiger partial charge < -0.3 is 10.6 Å². The zero-order chi connectivity index (χ0) is 13.7. The van der Waals surface area contributed by atoms with E-state index in [0.29, 0.717) is 17.8 Å². The van der Waals surface area contributed by atoms with Crippen LogP contribution in [0.25, 0.3) is 0 Å². The van der Waals surface area contributed by atoms with Crippen LogP contribution in [0.1, 0.15) is 27.9 Å². The number of nitrogens with one attached hydrogen (secondary N) is 2. The number of hydrogen-bond donors (Lipinski definition) is 2. The summed E-state index contributed by atoms with van der Waals surface area (Å²) in [4.78, 5) is 12.8. The van der Waals surface area contributed by atoms with Crippen molar-refractivity contribution in [2.75, 3.05) is 12.4 Å². The molecule has 0 saturated heterocycles. The van der Waals surface area contributed by atoms with Gasteiger partial charge in [-0.15, -0.1) is 17.5 Å². The SMILES string of the molecule is CCc1nnsc1C(=O)Nc1ccccc1CNC.Cl. The number of hydrogen-bond acceptors (Lipinski definition) is 5. The first kappa shape index (κ1) is 16.6. The lowest BCUT2D eigenvalue weighted by atomic mass is 10.1. The van der Waals surface area contributed by atoms with Crippen LogP contribution in [0.15, 0.2) is 24.3 Å². The number of amides is 1. The predicted molar refractivity (Wildman–Crippen MR) is 83.7 cm³/mol. The Balaban J connectivity index is 0.00000200. The molecule has 0 aliphatic carbocycles. The highest BCUT2D eigenvalue weighted by Gasteiger charge is 2.15. The molecule has 0 saturated carbocycles. The third kappa shape index (κ3) is 3.75. The van der Waals surface area contributed by atoms with Crippen LogP contribution in [0.3, 0.4) is 0 Å². The van der Waals surface area contributed by atoms with Crippen molar-refractivity contribution in [1.82, 2.24) is 14.9 Å². The van der Waals surface area contributed by atoms with Gasteiger partial charge in [0, 0.05) is 12.2 Å². The Kier molecular flexibility index (Phi) is 6.57. The van der Waals surface area contributed by atoms with Gasteiger partial charge in [-0.2, -0.15) is 0 Å². The van der Waals surface area contributed by atoms with Gasteiger partial charge >= 0.3 is 0 Å². The highest BCUT2D eigenvalue weighted by molar-refractivity contribution is 7.08. The molecular weight excluding hydrogens is 296 g/mol. The predicted octanol–water partition coefficient (Wildman–Crippen LogP) is 2.49. The van der Waals surface area contributed by atoms with Crippen LogP contribution in [0.4, 0.5) is 5.69 Å². The normalized spacial score (nSPS) is 9.90. The summed E-state index contributed by atoms with van der Waals surface area (Å²) in [6, 6.07) is 7.73. The van der Waals surface area contributed by atoms with E-state index in [-0.39, 0.29) is 18.3 Å². The Bertz CT molecular complexity index is 573. The lowest BCUT2D eigenvalue weighted by Crippen LogP contribution is -2.15. The van der Waals surface area contributed by atoms with E-state index in [1.807, 2.05) is 38.2 Å². The van der Waals surface area contributed by atoms with E-state index in [9.17, 15) is 4.79 Å². The van der Waals surface area contributed by atoms with Gasteiger partial charge in [0.1, 0.15) is 4.88 Å². The van der Waals surface area contributed by atoms with Crippen molar-refractivity contribution in [3.63, 3.8) is 0 Å². The van der Waals surface area contributed by atoms with Crippen molar-refractivity contribution < 1.29 is 4.79 Å². The highest BCUT2D eigenvalue weighted by atomic mass is 35.5. The largest absolute Gasteiger partial charge is 0.321 e. The number of rotatable bonds is 5. The van der Waals surface area contributed by atoms with E-state index in [1.54, 1.807) is 0 Å². The zero-order valence-electron chi connectivity index (χ0n) is 11.3. The maximum atomic E-state index is 12.2. The van der Waals surface area contributed by atoms with Gasteiger partial charge in [0.15, 0.2) is 0 Å². The van der Waals surface area contributed by atoms with Gasteiger partial charge in [-0.3, -0.25) is 4.79 Å². The van der Waals surface area contributed by atoms with E-state index in [2.05, 4.69) is 20.2 Å². The van der Waals surface area contributed by atoms with E-state index >= 15 is 0 Å². The molecule has 2 rings (SSSR count). The third-order valence-electron chi connectivity index (χ3n) is 2.73. The minimum Gasteiger partial charge on any atom is -0.321 e. The van der Waals surface area contributed by atoms with E-state index in [1.165, 1.54) is 0 Å². The van der Waals surface area contributed by atoms with Crippen LogP contribution >= 0.6 is 23.9 Å². The van der Waals surface area contributed by atoms with Crippen LogP contribution in [0.5, 0.6) is 0 Å². The molecule has 1 heterocycles. The Hall–Kier alpha value is -1.50. The van der Waals surface area contributed by atoms with Crippen molar-refractivity contribution in [2.24, 2.45) is 0 Å². The fraction of sp³-hybridized carbons (Fsp3) is 0.308.